The molecule has 1 fully saturated rings. The number of carbonyl (C=O) groups excluding carboxylic acids is 1. The van der Waals surface area contributed by atoms with Crippen LogP contribution in [-0.2, 0) is 4.74 Å². The van der Waals surface area contributed by atoms with Crippen molar-refractivity contribution in [1.29, 1.82) is 0 Å². The monoisotopic (exact) mass is 500 g/mol. The van der Waals surface area contributed by atoms with Crippen LogP contribution in [0, 0.1) is 0 Å². The first-order valence-electron chi connectivity index (χ1n) is 12.6. The van der Waals surface area contributed by atoms with Crippen LogP contribution in [0.1, 0.15) is 26.8 Å². The van der Waals surface area contributed by atoms with E-state index in [0.29, 0.717) is 25.5 Å². The van der Waals surface area contributed by atoms with Crippen LogP contribution < -0.4 is 15.4 Å². The molecule has 4 aromatic rings. The van der Waals surface area contributed by atoms with Gasteiger partial charge < -0.3 is 29.6 Å². The maximum absolute atomic E-state index is 11.9. The summed E-state index contributed by atoms with van der Waals surface area (Å²) in [5.41, 5.74) is 10.2. The quantitative estimate of drug-likeness (QED) is 0.382. The van der Waals surface area contributed by atoms with Crippen molar-refractivity contribution in [3.05, 3.63) is 61.1 Å². The molecule has 3 heterocycles. The first-order valence-corrected chi connectivity index (χ1v) is 12.6. The predicted molar refractivity (Wildman–Crippen MR) is 145 cm³/mol. The minimum Gasteiger partial charge on any atom is -0.457 e. The number of benzene rings is 2. The lowest BCUT2D eigenvalue weighted by atomic mass is 10.1. The molecular formula is C28H32N6O3. The molecule has 37 heavy (non-hydrogen) atoms. The summed E-state index contributed by atoms with van der Waals surface area (Å²) < 4.78 is 13.3. The zero-order chi connectivity index (χ0) is 25.9. The van der Waals surface area contributed by atoms with Crippen LogP contribution in [0.4, 0.5) is 16.3 Å². The zero-order valence-corrected chi connectivity index (χ0v) is 21.4. The van der Waals surface area contributed by atoms with E-state index in [9.17, 15) is 4.79 Å². The average molecular weight is 501 g/mol. The summed E-state index contributed by atoms with van der Waals surface area (Å²) >= 11 is 0. The summed E-state index contributed by atoms with van der Waals surface area (Å²) in [5, 5.41) is 0.864. The van der Waals surface area contributed by atoms with Crippen LogP contribution in [0.5, 0.6) is 11.5 Å². The number of hydrogen-bond donors (Lipinski definition) is 1. The summed E-state index contributed by atoms with van der Waals surface area (Å²) in [5.74, 6) is 1.98. The second-order valence-corrected chi connectivity index (χ2v) is 9.29. The number of rotatable bonds is 6. The van der Waals surface area contributed by atoms with E-state index in [1.165, 1.54) is 6.33 Å². The normalized spacial score (nSPS) is 13.8. The minimum absolute atomic E-state index is 0.237. The topological polar surface area (TPSA) is 98.7 Å². The molecule has 9 nitrogen and oxygen atoms in total. The van der Waals surface area contributed by atoms with Gasteiger partial charge in [0.05, 0.1) is 12.0 Å². The first kappa shape index (κ1) is 24.4. The summed E-state index contributed by atoms with van der Waals surface area (Å²) in [6.07, 6.45) is 3.35. The summed E-state index contributed by atoms with van der Waals surface area (Å²) in [6, 6.07) is 16.2. The second kappa shape index (κ2) is 10.4. The molecule has 0 radical (unpaired) electrons. The number of aromatic nitrogens is 3. The van der Waals surface area contributed by atoms with Gasteiger partial charge in [-0.3, -0.25) is 0 Å². The summed E-state index contributed by atoms with van der Waals surface area (Å²) in [6.45, 7) is 9.29. The zero-order valence-electron chi connectivity index (χ0n) is 21.4. The third-order valence-corrected chi connectivity index (χ3v) is 6.60. The standard InChI is InChI=1S/C28H32N6O3/c1-4-36-28(35)33-15-13-32(14-16-33)21-7-11-23(12-8-21)37-22-9-5-20(6-10-22)24-17-34(19(2)3)27-25(24)26(29)30-18-31-27/h5-12,17-19H,4,13-16H2,1-3H3,(H2,29,30,31). The van der Waals surface area contributed by atoms with Gasteiger partial charge >= 0.3 is 6.09 Å². The van der Waals surface area contributed by atoms with E-state index in [4.69, 9.17) is 15.2 Å². The molecule has 192 valence electrons. The van der Waals surface area contributed by atoms with Crippen LogP contribution in [0.2, 0.25) is 0 Å². The van der Waals surface area contributed by atoms with E-state index >= 15 is 0 Å². The first-order chi connectivity index (χ1) is 17.9. The van der Waals surface area contributed by atoms with Crippen LogP contribution >= 0.6 is 0 Å². The minimum atomic E-state index is -0.237. The molecule has 0 atom stereocenters. The number of amides is 1. The lowest BCUT2D eigenvalue weighted by Gasteiger charge is -2.35. The van der Waals surface area contributed by atoms with Crippen molar-refractivity contribution in [2.24, 2.45) is 0 Å². The Balaban J connectivity index is 1.26. The van der Waals surface area contributed by atoms with Gasteiger partial charge in [-0.1, -0.05) is 12.1 Å². The summed E-state index contributed by atoms with van der Waals surface area (Å²) in [4.78, 5) is 24.6. The van der Waals surface area contributed by atoms with Gasteiger partial charge in [0.2, 0.25) is 0 Å². The van der Waals surface area contributed by atoms with Crippen molar-refractivity contribution < 1.29 is 14.3 Å². The van der Waals surface area contributed by atoms with E-state index in [1.54, 1.807) is 4.90 Å². The van der Waals surface area contributed by atoms with Crippen molar-refractivity contribution in [3.63, 3.8) is 0 Å². The number of piperazine rings is 1. The maximum atomic E-state index is 11.9. The lowest BCUT2D eigenvalue weighted by molar-refractivity contribution is 0.105. The number of anilines is 2. The van der Waals surface area contributed by atoms with E-state index in [1.807, 2.05) is 55.5 Å². The molecule has 9 heteroatoms. The van der Waals surface area contributed by atoms with Crippen molar-refractivity contribution in [2.75, 3.05) is 43.4 Å². The number of nitrogens with zero attached hydrogens (tertiary/aromatic N) is 5. The smallest absolute Gasteiger partial charge is 0.409 e. The molecule has 2 aromatic heterocycles. The van der Waals surface area contributed by atoms with Crippen molar-refractivity contribution in [3.8, 4) is 22.6 Å². The number of nitrogens with two attached hydrogens (primary N) is 1. The van der Waals surface area contributed by atoms with Gasteiger partial charge in [-0.2, -0.15) is 0 Å². The van der Waals surface area contributed by atoms with Crippen molar-refractivity contribution in [2.45, 2.75) is 26.8 Å². The Morgan fingerprint density at radius 2 is 1.62 bits per heavy atom. The third kappa shape index (κ3) is 5.02. The maximum Gasteiger partial charge on any atom is 0.409 e. The SMILES string of the molecule is CCOC(=O)N1CCN(c2ccc(Oc3ccc(-c4cn(C(C)C)c5ncnc(N)c45)cc3)cc2)CC1. The number of fused-ring (bicyclic) bond motifs is 1. The Morgan fingerprint density at radius 3 is 2.24 bits per heavy atom. The van der Waals surface area contributed by atoms with E-state index in [2.05, 4.69) is 39.5 Å². The Labute approximate surface area is 216 Å². The van der Waals surface area contributed by atoms with Gasteiger partial charge in [0.15, 0.2) is 0 Å². The fourth-order valence-electron chi connectivity index (χ4n) is 4.65. The lowest BCUT2D eigenvalue weighted by Crippen LogP contribution is -2.48. The number of nitrogen functional groups attached to an aromatic ring is 1. The van der Waals surface area contributed by atoms with E-state index in [0.717, 1.165) is 52.4 Å². The molecule has 0 spiro atoms. The Bertz CT molecular complexity index is 1370. The second-order valence-electron chi connectivity index (χ2n) is 9.29. The molecular weight excluding hydrogens is 468 g/mol. The Hall–Kier alpha value is -4.27. The van der Waals surface area contributed by atoms with Gasteiger partial charge in [-0.05, 0) is 62.7 Å². The fourth-order valence-corrected chi connectivity index (χ4v) is 4.65. The highest BCUT2D eigenvalue weighted by atomic mass is 16.6. The number of carbonyl (C=O) groups is 1. The predicted octanol–water partition coefficient (Wildman–Crippen LogP) is 5.33. The van der Waals surface area contributed by atoms with Gasteiger partial charge in [0, 0.05) is 49.7 Å². The van der Waals surface area contributed by atoms with Crippen LogP contribution in [0.3, 0.4) is 0 Å². The summed E-state index contributed by atoms with van der Waals surface area (Å²) in [7, 11) is 0. The molecule has 5 rings (SSSR count). The van der Waals surface area contributed by atoms with Crippen molar-refractivity contribution in [1.82, 2.24) is 19.4 Å². The molecule has 0 bridgehead atoms. The van der Waals surface area contributed by atoms with Gasteiger partial charge in [0.25, 0.3) is 0 Å². The van der Waals surface area contributed by atoms with Crippen LogP contribution in [0.15, 0.2) is 61.1 Å². The number of hydrogen-bond acceptors (Lipinski definition) is 7. The van der Waals surface area contributed by atoms with Gasteiger partial charge in [-0.15, -0.1) is 0 Å². The molecule has 2 aromatic carbocycles. The largest absolute Gasteiger partial charge is 0.457 e. The highest BCUT2D eigenvalue weighted by Gasteiger charge is 2.22. The Morgan fingerprint density at radius 1 is 0.973 bits per heavy atom. The van der Waals surface area contributed by atoms with Crippen LogP contribution in [-0.4, -0.2) is 58.3 Å². The molecule has 1 amide bonds. The highest BCUT2D eigenvalue weighted by molar-refractivity contribution is 6.00. The van der Waals surface area contributed by atoms with E-state index in [-0.39, 0.29) is 12.1 Å². The molecule has 2 N–H and O–H groups in total. The number of ether oxygens (including phenoxy) is 2. The molecule has 1 saturated heterocycles. The van der Waals surface area contributed by atoms with E-state index < -0.39 is 0 Å². The molecule has 1 aliphatic rings. The average Bonchev–Trinajstić information content (AvgIpc) is 3.31. The highest BCUT2D eigenvalue weighted by Crippen LogP contribution is 2.35. The molecule has 1 aliphatic heterocycles. The fraction of sp³-hybridized carbons (Fsp3) is 0.321. The van der Waals surface area contributed by atoms with Gasteiger partial charge in [-0.25, -0.2) is 14.8 Å². The molecule has 0 aliphatic carbocycles. The van der Waals surface area contributed by atoms with Gasteiger partial charge in [0.1, 0.15) is 29.3 Å². The Kier molecular flexibility index (Phi) is 6.85. The van der Waals surface area contributed by atoms with Crippen LogP contribution in [0.25, 0.3) is 22.2 Å². The van der Waals surface area contributed by atoms with Crippen molar-refractivity contribution >= 4 is 28.6 Å². The third-order valence-electron chi connectivity index (χ3n) is 6.60. The molecule has 0 unspecified atom stereocenters. The molecule has 0 saturated carbocycles.